The van der Waals surface area contributed by atoms with Crippen molar-refractivity contribution in [3.63, 3.8) is 0 Å². The van der Waals surface area contributed by atoms with Crippen molar-refractivity contribution >= 4 is 33.5 Å². The number of esters is 1. The fourth-order valence-electron chi connectivity index (χ4n) is 3.64. The Labute approximate surface area is 209 Å². The standard InChI is InChI=1S/C15H16O3.C14H14O3/c1-10(15(16)18-3)11-4-5-13-9-14(17-2)7-6-12(13)8-11;1-9(14(15)16)10-3-4-12-8-13(17-2)6-5-11(12)7-10/h4-10H,1-3H3;3-9H,1-2H3,(H,15,16)/t10-;/m0./s1/i3D3;. The van der Waals surface area contributed by atoms with Gasteiger partial charge in [-0.3, -0.25) is 9.59 Å². The number of rotatable bonds is 6. The smallest absolute Gasteiger partial charge is 0.312 e. The summed E-state index contributed by atoms with van der Waals surface area (Å²) in [6.45, 7) is 3.31. The zero-order valence-electron chi connectivity index (χ0n) is 23.1. The second-order valence-electron chi connectivity index (χ2n) is 8.15. The number of carboxylic acid groups (broad SMARTS) is 1. The summed E-state index contributed by atoms with van der Waals surface area (Å²) in [6.07, 6.45) is 0. The van der Waals surface area contributed by atoms with E-state index >= 15 is 0 Å². The monoisotopic (exact) mass is 477 g/mol. The number of carbonyl (C=O) groups excluding carboxylic acids is 1. The maximum absolute atomic E-state index is 11.8. The number of hydrogen-bond donors (Lipinski definition) is 1. The average molecular weight is 478 g/mol. The Morgan fingerprint density at radius 3 is 1.57 bits per heavy atom. The highest BCUT2D eigenvalue weighted by atomic mass is 16.5. The SMILES string of the molecule is COc1ccc2cc(C(C)C(=O)O)ccc2c1.[2H]C([2H])([2H])OC(=O)[C@@H](C)c1ccc2cc(OC)ccc2c1. The Morgan fingerprint density at radius 2 is 1.14 bits per heavy atom. The molecule has 0 fully saturated rings. The van der Waals surface area contributed by atoms with Crippen LogP contribution in [0.2, 0.25) is 0 Å². The zero-order chi connectivity index (χ0) is 28.0. The van der Waals surface area contributed by atoms with Gasteiger partial charge in [0.05, 0.1) is 37.2 Å². The molecule has 0 amide bonds. The summed E-state index contributed by atoms with van der Waals surface area (Å²) in [6, 6.07) is 22.5. The highest BCUT2D eigenvalue weighted by Crippen LogP contribution is 2.26. The molecule has 6 nitrogen and oxygen atoms in total. The molecule has 0 bridgehead atoms. The molecule has 35 heavy (non-hydrogen) atoms. The summed E-state index contributed by atoms with van der Waals surface area (Å²) in [7, 11) is 0.514. The van der Waals surface area contributed by atoms with Gasteiger partial charge in [0, 0.05) is 0 Å². The number of carboxylic acids is 1. The Morgan fingerprint density at radius 1 is 0.714 bits per heavy atom. The molecule has 4 aromatic rings. The lowest BCUT2D eigenvalue weighted by Gasteiger charge is -2.10. The molecule has 0 spiro atoms. The zero-order valence-corrected chi connectivity index (χ0v) is 20.1. The summed E-state index contributed by atoms with van der Waals surface area (Å²) in [5, 5.41) is 13.0. The molecule has 2 atom stereocenters. The van der Waals surface area contributed by atoms with E-state index in [4.69, 9.17) is 18.7 Å². The molecule has 0 radical (unpaired) electrons. The summed E-state index contributed by atoms with van der Waals surface area (Å²) >= 11 is 0. The number of hydrogen-bond acceptors (Lipinski definition) is 5. The highest BCUT2D eigenvalue weighted by molar-refractivity contribution is 5.87. The van der Waals surface area contributed by atoms with Crippen molar-refractivity contribution in [3.05, 3.63) is 83.9 Å². The minimum atomic E-state index is -2.71. The van der Waals surface area contributed by atoms with Crippen LogP contribution < -0.4 is 9.47 Å². The molecule has 0 aliphatic rings. The highest BCUT2D eigenvalue weighted by Gasteiger charge is 2.16. The lowest BCUT2D eigenvalue weighted by atomic mass is 9.98. The van der Waals surface area contributed by atoms with Crippen LogP contribution in [-0.2, 0) is 14.3 Å². The van der Waals surface area contributed by atoms with Crippen molar-refractivity contribution in [2.24, 2.45) is 0 Å². The summed E-state index contributed by atoms with van der Waals surface area (Å²) in [5.41, 5.74) is 1.53. The Balaban J connectivity index is 0.000000215. The summed E-state index contributed by atoms with van der Waals surface area (Å²) in [5.74, 6) is -1.14. The van der Waals surface area contributed by atoms with E-state index in [1.54, 1.807) is 34.1 Å². The predicted molar refractivity (Wildman–Crippen MR) is 137 cm³/mol. The van der Waals surface area contributed by atoms with Crippen LogP contribution in [0.1, 0.15) is 40.9 Å². The van der Waals surface area contributed by atoms with Gasteiger partial charge < -0.3 is 19.3 Å². The van der Waals surface area contributed by atoms with Crippen LogP contribution in [0.4, 0.5) is 0 Å². The van der Waals surface area contributed by atoms with Crippen molar-refractivity contribution in [3.8, 4) is 11.5 Å². The van der Waals surface area contributed by atoms with Crippen LogP contribution in [0.3, 0.4) is 0 Å². The fraction of sp³-hybridized carbons (Fsp3) is 0.241. The van der Waals surface area contributed by atoms with Crippen LogP contribution in [0.15, 0.2) is 72.8 Å². The molecule has 1 unspecified atom stereocenters. The van der Waals surface area contributed by atoms with E-state index in [0.29, 0.717) is 5.56 Å². The molecule has 0 saturated heterocycles. The average Bonchev–Trinajstić information content (AvgIpc) is 2.90. The number of methoxy groups -OCH3 is 3. The van der Waals surface area contributed by atoms with Gasteiger partial charge in [-0.15, -0.1) is 0 Å². The molecule has 6 heteroatoms. The maximum Gasteiger partial charge on any atom is 0.312 e. The first-order chi connectivity index (χ1) is 17.9. The van der Waals surface area contributed by atoms with Crippen molar-refractivity contribution in [1.29, 1.82) is 0 Å². The summed E-state index contributed by atoms with van der Waals surface area (Å²) in [4.78, 5) is 22.7. The van der Waals surface area contributed by atoms with Gasteiger partial charge in [-0.1, -0.05) is 48.5 Å². The Kier molecular flexibility index (Phi) is 6.98. The lowest BCUT2D eigenvalue weighted by Crippen LogP contribution is -2.10. The quantitative estimate of drug-likeness (QED) is 0.335. The normalized spacial score (nSPS) is 13.9. The third-order valence-corrected chi connectivity index (χ3v) is 5.97. The Bertz CT molecular complexity index is 1450. The third-order valence-electron chi connectivity index (χ3n) is 5.97. The van der Waals surface area contributed by atoms with Gasteiger partial charge in [-0.05, 0) is 70.8 Å². The molecule has 4 rings (SSSR count). The van der Waals surface area contributed by atoms with Gasteiger partial charge in [0.2, 0.25) is 0 Å². The first-order valence-corrected chi connectivity index (χ1v) is 11.0. The molecular formula is C29H30O6. The van der Waals surface area contributed by atoms with Crippen molar-refractivity contribution in [2.45, 2.75) is 25.7 Å². The van der Waals surface area contributed by atoms with Gasteiger partial charge in [-0.2, -0.15) is 0 Å². The molecule has 0 heterocycles. The fourth-order valence-corrected chi connectivity index (χ4v) is 3.64. The molecular weight excluding hydrogens is 444 g/mol. The maximum atomic E-state index is 11.8. The number of benzene rings is 4. The number of aliphatic carboxylic acids is 1. The van der Waals surface area contributed by atoms with Crippen LogP contribution in [0.5, 0.6) is 11.5 Å². The number of fused-ring (bicyclic) bond motifs is 2. The molecule has 4 aromatic carbocycles. The van der Waals surface area contributed by atoms with E-state index in [0.717, 1.165) is 38.6 Å². The van der Waals surface area contributed by atoms with E-state index in [1.165, 1.54) is 0 Å². The van der Waals surface area contributed by atoms with Gasteiger partial charge in [0.15, 0.2) is 0 Å². The van der Waals surface area contributed by atoms with E-state index in [1.807, 2.05) is 66.7 Å². The molecule has 0 aliphatic heterocycles. The molecule has 182 valence electrons. The first-order valence-electron chi connectivity index (χ1n) is 12.5. The predicted octanol–water partition coefficient (Wildman–Crippen LogP) is 6.16. The lowest BCUT2D eigenvalue weighted by molar-refractivity contribution is -0.142. The van der Waals surface area contributed by atoms with Gasteiger partial charge >= 0.3 is 11.9 Å². The second-order valence-corrected chi connectivity index (χ2v) is 8.15. The van der Waals surface area contributed by atoms with Crippen molar-refractivity contribution < 1.29 is 33.0 Å². The minimum Gasteiger partial charge on any atom is -0.497 e. The van der Waals surface area contributed by atoms with E-state index in [9.17, 15) is 9.59 Å². The van der Waals surface area contributed by atoms with Crippen LogP contribution >= 0.6 is 0 Å². The topological polar surface area (TPSA) is 82.1 Å². The Hall–Kier alpha value is -4.06. The molecule has 1 N–H and O–H groups in total. The molecule has 0 saturated carbocycles. The number of ether oxygens (including phenoxy) is 3. The van der Waals surface area contributed by atoms with E-state index in [-0.39, 0.29) is 0 Å². The van der Waals surface area contributed by atoms with Gasteiger partial charge in [-0.25, -0.2) is 0 Å². The number of carbonyl (C=O) groups is 2. The van der Waals surface area contributed by atoms with Crippen LogP contribution in [0, 0.1) is 0 Å². The largest absolute Gasteiger partial charge is 0.497 e. The van der Waals surface area contributed by atoms with Crippen molar-refractivity contribution in [1.82, 2.24) is 0 Å². The van der Waals surface area contributed by atoms with Crippen LogP contribution in [0.25, 0.3) is 21.5 Å². The van der Waals surface area contributed by atoms with Gasteiger partial charge in [0.1, 0.15) is 11.5 Å². The first kappa shape index (κ1) is 21.5. The third kappa shape index (κ3) is 6.09. The molecule has 0 aromatic heterocycles. The van der Waals surface area contributed by atoms with E-state index in [2.05, 4.69) is 4.74 Å². The van der Waals surface area contributed by atoms with Crippen LogP contribution in [-0.4, -0.2) is 38.3 Å². The van der Waals surface area contributed by atoms with E-state index < -0.39 is 30.8 Å². The van der Waals surface area contributed by atoms with Crippen molar-refractivity contribution in [2.75, 3.05) is 21.3 Å². The minimum absolute atomic E-state index is 0.485. The summed E-state index contributed by atoms with van der Waals surface area (Å²) < 4.78 is 35.7. The molecule has 0 aliphatic carbocycles. The van der Waals surface area contributed by atoms with Gasteiger partial charge in [0.25, 0.3) is 0 Å². The second kappa shape index (κ2) is 11.4.